The lowest BCUT2D eigenvalue weighted by Gasteiger charge is -2.47. The highest BCUT2D eigenvalue weighted by Gasteiger charge is 2.57. The summed E-state index contributed by atoms with van der Waals surface area (Å²) in [4.78, 5) is 63.1. The Balaban J connectivity index is 1.19. The van der Waals surface area contributed by atoms with E-state index in [0.29, 0.717) is 0 Å². The Morgan fingerprint density at radius 1 is 0.577 bits per heavy atom. The Bertz CT molecular complexity index is 2740. The zero-order valence-corrected chi connectivity index (χ0v) is 36.5. The van der Waals surface area contributed by atoms with Crippen molar-refractivity contribution in [3.63, 3.8) is 0 Å². The molecule has 3 aliphatic heterocycles. The molecule has 3 fully saturated rings. The van der Waals surface area contributed by atoms with Crippen molar-refractivity contribution < 1.29 is 128 Å². The van der Waals surface area contributed by atoms with E-state index in [1.807, 2.05) is 0 Å². The SMILES string of the molecule is COc1cc(C=CC(=O)OC2C(OC3C(OC4C(O)C(Oc5cc(O)c6c(=O)cc(-c7ccc(O)c(OC)c7)oc6c5)OC(C(=O)O)C4O)OC(C(=O)O)C(O)C3O)OC(C(=O)O)C(O)C2O)ccc1O. The molecule has 27 heteroatoms. The number of hydrogen-bond acceptors (Lipinski definition) is 24. The number of aliphatic hydroxyl groups is 6. The fourth-order valence-corrected chi connectivity index (χ4v) is 7.73. The van der Waals surface area contributed by atoms with Gasteiger partial charge in [0.1, 0.15) is 77.1 Å². The van der Waals surface area contributed by atoms with Gasteiger partial charge in [0.15, 0.2) is 65.4 Å². The lowest BCUT2D eigenvalue weighted by molar-refractivity contribution is -0.379. The van der Waals surface area contributed by atoms with Gasteiger partial charge in [-0.05, 0) is 42.0 Å². The highest BCUT2D eigenvalue weighted by Crippen LogP contribution is 2.38. The van der Waals surface area contributed by atoms with Crippen molar-refractivity contribution in [3.8, 4) is 45.8 Å². The van der Waals surface area contributed by atoms with Gasteiger partial charge in [0.2, 0.25) is 6.29 Å². The third-order valence-corrected chi connectivity index (χ3v) is 11.3. The number of ether oxygens (including phenoxy) is 9. The van der Waals surface area contributed by atoms with Crippen molar-refractivity contribution in [2.45, 2.75) is 92.1 Å². The first kappa shape index (κ1) is 51.7. The number of carboxylic acid groups (broad SMARTS) is 3. The molecule has 71 heavy (non-hydrogen) atoms. The minimum absolute atomic E-state index is 0.0119. The molecule has 7 rings (SSSR count). The van der Waals surface area contributed by atoms with Crippen LogP contribution in [-0.4, -0.2) is 191 Å². The minimum Gasteiger partial charge on any atom is -0.507 e. The van der Waals surface area contributed by atoms with Gasteiger partial charge in [0.05, 0.1) is 14.2 Å². The molecule has 0 aliphatic carbocycles. The summed E-state index contributed by atoms with van der Waals surface area (Å²) in [5.41, 5.74) is -0.606. The zero-order chi connectivity index (χ0) is 51.7. The summed E-state index contributed by atoms with van der Waals surface area (Å²) in [6, 6.07) is 10.8. The fourth-order valence-electron chi connectivity index (χ4n) is 7.73. The molecule has 15 unspecified atom stereocenters. The second kappa shape index (κ2) is 21.1. The Morgan fingerprint density at radius 3 is 1.72 bits per heavy atom. The molecule has 4 heterocycles. The van der Waals surface area contributed by atoms with Gasteiger partial charge in [-0.25, -0.2) is 19.2 Å². The molecule has 0 saturated carbocycles. The Hall–Kier alpha value is -7.15. The largest absolute Gasteiger partial charge is 0.507 e. The summed E-state index contributed by atoms with van der Waals surface area (Å²) in [5.74, 6) is -8.84. The molecule has 3 saturated heterocycles. The van der Waals surface area contributed by atoms with E-state index < -0.39 is 133 Å². The molecule has 1 aromatic heterocycles. The van der Waals surface area contributed by atoms with Crippen molar-refractivity contribution in [2.75, 3.05) is 14.2 Å². The number of phenolic OH excluding ortho intramolecular Hbond substituents is 3. The molecule has 27 nitrogen and oxygen atoms in total. The number of aliphatic carboxylic acids is 3. The van der Waals surface area contributed by atoms with Gasteiger partial charge < -0.3 is 108 Å². The van der Waals surface area contributed by atoms with Crippen LogP contribution in [0.1, 0.15) is 5.56 Å². The predicted octanol–water partition coefficient (Wildman–Crippen LogP) is -2.04. The van der Waals surface area contributed by atoms with Gasteiger partial charge in [-0.1, -0.05) is 6.07 Å². The number of phenols is 3. The summed E-state index contributed by atoms with van der Waals surface area (Å²) >= 11 is 0. The van der Waals surface area contributed by atoms with Crippen molar-refractivity contribution in [1.29, 1.82) is 0 Å². The standard InChI is InChI=1S/C44H44O27/c1-62-22-9-14(3-6-17(22)45)4-8-25(49)66-37-29(52)27(50)34(39(56)57)69-43(37)71-38-30(53)28(51)35(40(58)59)70-44(38)67-33-31(54)36(41(60)61)68-42(32(33)55)64-16-11-19(47)26-20(48)13-21(65-24(26)12-16)15-5-7-18(46)23(10-15)63-2/h3-13,27-38,42-47,50-55H,1-2H3,(H,56,57)(H,58,59)(H,60,61). The number of aromatic hydroxyl groups is 3. The lowest BCUT2D eigenvalue weighted by Crippen LogP contribution is -2.68. The maximum atomic E-state index is 13.2. The number of esters is 1. The smallest absolute Gasteiger partial charge is 0.335 e. The second-order valence-electron chi connectivity index (χ2n) is 15.9. The summed E-state index contributed by atoms with van der Waals surface area (Å²) in [6.07, 6.45) is -33.7. The summed E-state index contributed by atoms with van der Waals surface area (Å²) < 4.78 is 54.5. The molecular formula is C44H44O27. The van der Waals surface area contributed by atoms with E-state index in [-0.39, 0.29) is 50.9 Å². The van der Waals surface area contributed by atoms with Gasteiger partial charge >= 0.3 is 23.9 Å². The average Bonchev–Trinajstić information content (AvgIpc) is 3.32. The maximum Gasteiger partial charge on any atom is 0.335 e. The van der Waals surface area contributed by atoms with Crippen LogP contribution in [0.3, 0.4) is 0 Å². The van der Waals surface area contributed by atoms with E-state index in [2.05, 4.69) is 0 Å². The van der Waals surface area contributed by atoms with E-state index in [1.165, 1.54) is 50.6 Å². The van der Waals surface area contributed by atoms with Crippen LogP contribution in [-0.2, 0) is 47.6 Å². The van der Waals surface area contributed by atoms with Crippen LogP contribution < -0.4 is 19.6 Å². The van der Waals surface area contributed by atoms with Crippen LogP contribution in [0.25, 0.3) is 28.4 Å². The van der Waals surface area contributed by atoms with Gasteiger partial charge in [-0.3, -0.25) is 4.79 Å². The van der Waals surface area contributed by atoms with Gasteiger partial charge in [0.25, 0.3) is 0 Å². The van der Waals surface area contributed by atoms with Crippen LogP contribution in [0.4, 0.5) is 0 Å². The van der Waals surface area contributed by atoms with E-state index in [1.54, 1.807) is 0 Å². The van der Waals surface area contributed by atoms with E-state index >= 15 is 0 Å². The average molecular weight is 1000 g/mol. The molecule has 0 amide bonds. The van der Waals surface area contributed by atoms with Gasteiger partial charge in [0, 0.05) is 29.8 Å². The van der Waals surface area contributed by atoms with Crippen molar-refractivity contribution >= 4 is 40.9 Å². The fraction of sp³-hybridized carbons (Fsp3) is 0.386. The van der Waals surface area contributed by atoms with Crippen LogP contribution in [0.2, 0.25) is 0 Å². The third-order valence-electron chi connectivity index (χ3n) is 11.3. The molecule has 0 radical (unpaired) electrons. The Labute approximate surface area is 396 Å². The normalized spacial score (nSPS) is 30.9. The number of benzene rings is 3. The number of hydrogen-bond donors (Lipinski definition) is 12. The number of methoxy groups -OCH3 is 2. The first-order valence-corrected chi connectivity index (χ1v) is 20.8. The van der Waals surface area contributed by atoms with Gasteiger partial charge in [-0.2, -0.15) is 0 Å². The van der Waals surface area contributed by atoms with E-state index in [4.69, 9.17) is 47.0 Å². The first-order valence-electron chi connectivity index (χ1n) is 20.8. The number of fused-ring (bicyclic) bond motifs is 1. The highest BCUT2D eigenvalue weighted by molar-refractivity contribution is 5.88. The van der Waals surface area contributed by atoms with E-state index in [9.17, 15) is 85.3 Å². The molecule has 0 bridgehead atoms. The van der Waals surface area contributed by atoms with Crippen LogP contribution in [0.15, 0.2) is 69.9 Å². The number of carboxylic acids is 3. The minimum atomic E-state index is -2.49. The summed E-state index contributed by atoms with van der Waals surface area (Å²) in [5, 5.41) is 127. The molecule has 15 atom stereocenters. The Kier molecular flexibility index (Phi) is 15.3. The second-order valence-corrected chi connectivity index (χ2v) is 15.9. The van der Waals surface area contributed by atoms with E-state index in [0.717, 1.165) is 30.4 Å². The lowest BCUT2D eigenvalue weighted by atomic mass is 9.95. The summed E-state index contributed by atoms with van der Waals surface area (Å²) in [7, 11) is 2.53. The number of carbonyl (C=O) groups excluding carboxylic acids is 1. The Morgan fingerprint density at radius 2 is 1.11 bits per heavy atom. The molecule has 382 valence electrons. The topological polar surface area (TPSA) is 424 Å². The van der Waals surface area contributed by atoms with Crippen molar-refractivity contribution in [3.05, 3.63) is 76.5 Å². The third kappa shape index (κ3) is 10.6. The molecule has 3 aliphatic rings. The molecular weight excluding hydrogens is 960 g/mol. The quantitative estimate of drug-likeness (QED) is 0.0451. The maximum absolute atomic E-state index is 13.2. The summed E-state index contributed by atoms with van der Waals surface area (Å²) in [6.45, 7) is 0. The van der Waals surface area contributed by atoms with Gasteiger partial charge in [-0.15, -0.1) is 0 Å². The van der Waals surface area contributed by atoms with Crippen LogP contribution in [0.5, 0.6) is 34.5 Å². The zero-order valence-electron chi connectivity index (χ0n) is 36.5. The molecule has 12 N–H and O–H groups in total. The van der Waals surface area contributed by atoms with Crippen LogP contribution >= 0.6 is 0 Å². The number of rotatable bonds is 15. The van der Waals surface area contributed by atoms with Crippen LogP contribution in [0, 0.1) is 0 Å². The molecule has 4 aromatic rings. The first-order chi connectivity index (χ1) is 33.6. The number of carbonyl (C=O) groups is 4. The highest BCUT2D eigenvalue weighted by atomic mass is 16.8. The molecule has 0 spiro atoms. The molecule has 3 aromatic carbocycles. The number of aliphatic hydroxyl groups excluding tert-OH is 6. The van der Waals surface area contributed by atoms with Crippen molar-refractivity contribution in [2.24, 2.45) is 0 Å². The monoisotopic (exact) mass is 1000 g/mol. The van der Waals surface area contributed by atoms with Crippen molar-refractivity contribution in [1.82, 2.24) is 0 Å². The predicted molar refractivity (Wildman–Crippen MR) is 227 cm³/mol.